The van der Waals surface area contributed by atoms with E-state index in [0.717, 1.165) is 18.8 Å². The van der Waals surface area contributed by atoms with E-state index in [4.69, 9.17) is 4.74 Å². The summed E-state index contributed by atoms with van der Waals surface area (Å²) in [5.41, 5.74) is 2.64. The quantitative estimate of drug-likeness (QED) is 0.674. The van der Waals surface area contributed by atoms with Crippen LogP contribution in [0.3, 0.4) is 0 Å². The number of hydrogen-bond donors (Lipinski definition) is 2. The highest BCUT2D eigenvalue weighted by Crippen LogP contribution is 2.27. The second kappa shape index (κ2) is 9.05. The Balaban J connectivity index is 1.36. The van der Waals surface area contributed by atoms with Gasteiger partial charge in [-0.2, -0.15) is 0 Å². The third-order valence-corrected chi connectivity index (χ3v) is 5.82. The van der Waals surface area contributed by atoms with E-state index < -0.39 is 0 Å². The van der Waals surface area contributed by atoms with Gasteiger partial charge in [0.2, 0.25) is 0 Å². The van der Waals surface area contributed by atoms with Gasteiger partial charge in [0, 0.05) is 0 Å². The summed E-state index contributed by atoms with van der Waals surface area (Å²) in [5.74, 6) is 1.02. The smallest absolute Gasteiger partial charge is 0.128 e. The summed E-state index contributed by atoms with van der Waals surface area (Å²) in [6.45, 7) is 7.02. The molecule has 2 N–H and O–H groups in total. The van der Waals surface area contributed by atoms with Crippen molar-refractivity contribution < 1.29 is 14.5 Å². The fourth-order valence-electron chi connectivity index (χ4n) is 4.20. The van der Waals surface area contributed by atoms with Gasteiger partial charge in [-0.25, -0.2) is 0 Å². The first-order chi connectivity index (χ1) is 13.8. The van der Waals surface area contributed by atoms with Crippen LogP contribution in [0.15, 0.2) is 72.8 Å². The van der Waals surface area contributed by atoms with Crippen molar-refractivity contribution in [2.24, 2.45) is 0 Å². The summed E-state index contributed by atoms with van der Waals surface area (Å²) in [6, 6.07) is 23.5. The van der Waals surface area contributed by atoms with Crippen LogP contribution in [0.1, 0.15) is 11.1 Å². The van der Waals surface area contributed by atoms with Crippen molar-refractivity contribution in [3.8, 4) is 5.75 Å². The van der Waals surface area contributed by atoms with Crippen molar-refractivity contribution in [2.75, 3.05) is 39.8 Å². The van der Waals surface area contributed by atoms with Crippen LogP contribution < -0.4 is 14.5 Å². The van der Waals surface area contributed by atoms with Crippen LogP contribution in [0, 0.1) is 0 Å². The van der Waals surface area contributed by atoms with E-state index in [-0.39, 0.29) is 0 Å². The van der Waals surface area contributed by atoms with Gasteiger partial charge in [0.25, 0.3) is 0 Å². The molecule has 1 fully saturated rings. The molecule has 0 amide bonds. The minimum atomic E-state index is 1.02. The molecule has 0 bridgehead atoms. The van der Waals surface area contributed by atoms with Gasteiger partial charge in [-0.1, -0.05) is 66.7 Å². The Labute approximate surface area is 167 Å². The number of nitrogens with one attached hydrogen (secondary N) is 2. The maximum Gasteiger partial charge on any atom is 0.128 e. The Hall–Kier alpha value is -2.62. The molecule has 144 valence electrons. The normalized spacial score (nSPS) is 19.9. The number of methoxy groups -OCH3 is 1. The summed E-state index contributed by atoms with van der Waals surface area (Å²) in [6.07, 6.45) is 4.57. The molecule has 1 heterocycles. The maximum absolute atomic E-state index is 5.68. The molecule has 0 aliphatic carbocycles. The predicted octanol–water partition coefficient (Wildman–Crippen LogP) is 1.85. The standard InChI is InChI=1S/C25H28N2O/c1-28-25-14-13-22-11-5-6-12-23(22)24(25)20-27-18-16-26(17-19-27)15-7-10-21-8-3-2-4-9-21/h2-14H,15-20H2,1H3/p+2/b10-7+. The van der Waals surface area contributed by atoms with Crippen molar-refractivity contribution in [1.29, 1.82) is 0 Å². The predicted molar refractivity (Wildman–Crippen MR) is 116 cm³/mol. The molecule has 0 aromatic heterocycles. The van der Waals surface area contributed by atoms with Crippen LogP contribution in [0.4, 0.5) is 0 Å². The van der Waals surface area contributed by atoms with Crippen molar-refractivity contribution in [2.45, 2.75) is 6.54 Å². The van der Waals surface area contributed by atoms with Crippen LogP contribution >= 0.6 is 0 Å². The molecule has 3 aromatic rings. The average molecular weight is 375 g/mol. The number of benzene rings is 3. The first-order valence-electron chi connectivity index (χ1n) is 10.3. The molecule has 0 radical (unpaired) electrons. The Bertz CT molecular complexity index is 928. The molecule has 0 saturated carbocycles. The van der Waals surface area contributed by atoms with Gasteiger partial charge in [0.15, 0.2) is 0 Å². The van der Waals surface area contributed by atoms with E-state index in [0.29, 0.717) is 0 Å². The Morgan fingerprint density at radius 2 is 1.54 bits per heavy atom. The Morgan fingerprint density at radius 3 is 2.32 bits per heavy atom. The second-order valence-corrected chi connectivity index (χ2v) is 7.66. The van der Waals surface area contributed by atoms with Gasteiger partial charge < -0.3 is 14.5 Å². The molecule has 3 nitrogen and oxygen atoms in total. The summed E-state index contributed by atoms with van der Waals surface area (Å²) in [4.78, 5) is 3.34. The largest absolute Gasteiger partial charge is 0.496 e. The summed E-state index contributed by atoms with van der Waals surface area (Å²) in [7, 11) is 1.78. The summed E-state index contributed by atoms with van der Waals surface area (Å²) < 4.78 is 5.68. The average Bonchev–Trinajstić information content (AvgIpc) is 2.76. The van der Waals surface area contributed by atoms with Gasteiger partial charge in [0.1, 0.15) is 38.5 Å². The van der Waals surface area contributed by atoms with Gasteiger partial charge in [-0.15, -0.1) is 0 Å². The lowest BCUT2D eigenvalue weighted by Crippen LogP contribution is -3.27. The van der Waals surface area contributed by atoms with Crippen LogP contribution in [0.5, 0.6) is 5.75 Å². The number of ether oxygens (including phenoxy) is 1. The lowest BCUT2D eigenvalue weighted by Gasteiger charge is -2.29. The fourth-order valence-corrected chi connectivity index (χ4v) is 4.20. The molecule has 3 heteroatoms. The molecule has 0 unspecified atom stereocenters. The van der Waals surface area contributed by atoms with Crippen LogP contribution in [0.2, 0.25) is 0 Å². The van der Waals surface area contributed by atoms with E-state index in [9.17, 15) is 0 Å². The molecule has 4 rings (SSSR count). The molecule has 3 aromatic carbocycles. The van der Waals surface area contributed by atoms with E-state index in [1.807, 2.05) is 0 Å². The SMILES string of the molecule is COc1ccc2ccccc2c1C[NH+]1CC[NH+](C/C=C/c2ccccc2)CC1. The third kappa shape index (κ3) is 4.44. The van der Waals surface area contributed by atoms with Crippen molar-refractivity contribution in [3.63, 3.8) is 0 Å². The van der Waals surface area contributed by atoms with E-state index in [1.54, 1.807) is 16.9 Å². The van der Waals surface area contributed by atoms with Gasteiger partial charge in [0.05, 0.1) is 19.2 Å². The molecule has 0 atom stereocenters. The lowest BCUT2D eigenvalue weighted by atomic mass is 10.0. The molecule has 1 saturated heterocycles. The van der Waals surface area contributed by atoms with Gasteiger partial charge in [-0.05, 0) is 28.5 Å². The summed E-state index contributed by atoms with van der Waals surface area (Å²) in [5, 5.41) is 2.63. The second-order valence-electron chi connectivity index (χ2n) is 7.66. The zero-order chi connectivity index (χ0) is 19.2. The topological polar surface area (TPSA) is 18.1 Å². The Kier molecular flexibility index (Phi) is 6.05. The summed E-state index contributed by atoms with van der Waals surface area (Å²) >= 11 is 0. The minimum absolute atomic E-state index is 1.02. The fraction of sp³-hybridized carbons (Fsp3) is 0.280. The minimum Gasteiger partial charge on any atom is -0.496 e. The number of quaternary nitrogens is 2. The number of rotatable bonds is 6. The maximum atomic E-state index is 5.68. The monoisotopic (exact) mass is 374 g/mol. The number of hydrogen-bond acceptors (Lipinski definition) is 1. The van der Waals surface area contributed by atoms with Gasteiger partial charge >= 0.3 is 0 Å². The van der Waals surface area contributed by atoms with Gasteiger partial charge in [-0.3, -0.25) is 0 Å². The van der Waals surface area contributed by atoms with E-state index in [1.165, 1.54) is 48.1 Å². The third-order valence-electron chi connectivity index (χ3n) is 5.82. The molecular formula is C25H30N2O+2. The van der Waals surface area contributed by atoms with Crippen molar-refractivity contribution in [3.05, 3.63) is 83.9 Å². The van der Waals surface area contributed by atoms with Crippen LogP contribution in [0.25, 0.3) is 16.8 Å². The molecule has 1 aliphatic heterocycles. The molecular weight excluding hydrogens is 344 g/mol. The van der Waals surface area contributed by atoms with E-state index >= 15 is 0 Å². The number of piperazine rings is 1. The van der Waals surface area contributed by atoms with Crippen molar-refractivity contribution >= 4 is 16.8 Å². The zero-order valence-corrected chi connectivity index (χ0v) is 16.7. The molecule has 1 aliphatic rings. The zero-order valence-electron chi connectivity index (χ0n) is 16.7. The first-order valence-corrected chi connectivity index (χ1v) is 10.3. The molecule has 0 spiro atoms. The first kappa shape index (κ1) is 18.7. The lowest BCUT2D eigenvalue weighted by molar-refractivity contribution is -1.02. The highest BCUT2D eigenvalue weighted by molar-refractivity contribution is 5.87. The van der Waals surface area contributed by atoms with Crippen molar-refractivity contribution in [1.82, 2.24) is 0 Å². The van der Waals surface area contributed by atoms with Crippen LogP contribution in [-0.4, -0.2) is 39.8 Å². The van der Waals surface area contributed by atoms with E-state index in [2.05, 4.69) is 78.9 Å². The Morgan fingerprint density at radius 1 is 0.821 bits per heavy atom. The highest BCUT2D eigenvalue weighted by Gasteiger charge is 2.24. The number of fused-ring (bicyclic) bond motifs is 1. The highest BCUT2D eigenvalue weighted by atomic mass is 16.5. The van der Waals surface area contributed by atoms with Crippen LogP contribution in [-0.2, 0) is 6.54 Å². The molecule has 28 heavy (non-hydrogen) atoms.